The summed E-state index contributed by atoms with van der Waals surface area (Å²) in [5, 5.41) is 0.447. The van der Waals surface area contributed by atoms with Crippen LogP contribution in [0.25, 0.3) is 11.8 Å². The van der Waals surface area contributed by atoms with E-state index in [0.717, 1.165) is 41.2 Å². The molecule has 4 rings (SSSR count). The molecule has 0 spiro atoms. The van der Waals surface area contributed by atoms with E-state index >= 15 is 0 Å². The quantitative estimate of drug-likeness (QED) is 0.186. The number of likely N-dealkylation sites (N-methyl/N-ethyl adjacent to an activating group) is 1. The highest BCUT2D eigenvalue weighted by atomic mass is 32.1. The van der Waals surface area contributed by atoms with Crippen LogP contribution < -0.4 is 4.90 Å². The van der Waals surface area contributed by atoms with Gasteiger partial charge in [0.05, 0.1) is 17.9 Å². The lowest BCUT2D eigenvalue weighted by atomic mass is 10.2. The Morgan fingerprint density at radius 3 is 2.37 bits per heavy atom. The van der Waals surface area contributed by atoms with Crippen molar-refractivity contribution in [2.24, 2.45) is 0 Å². The number of amides is 1. The molecule has 6 nitrogen and oxygen atoms in total. The third kappa shape index (κ3) is 4.77. The Morgan fingerprint density at radius 1 is 1.03 bits per heavy atom. The molecule has 1 saturated heterocycles. The van der Waals surface area contributed by atoms with Gasteiger partial charge in [-0.3, -0.25) is 9.69 Å². The van der Waals surface area contributed by atoms with Crippen molar-refractivity contribution in [1.29, 1.82) is 0 Å². The van der Waals surface area contributed by atoms with Crippen molar-refractivity contribution in [3.05, 3.63) is 88.9 Å². The van der Waals surface area contributed by atoms with Crippen LogP contribution in [0.4, 0.5) is 5.69 Å². The molecule has 180 valence electrons. The molecule has 1 fully saturated rings. The lowest BCUT2D eigenvalue weighted by molar-refractivity contribution is -0.114. The first-order chi connectivity index (χ1) is 16.8. The molecule has 1 aliphatic rings. The van der Waals surface area contributed by atoms with Crippen LogP contribution in [-0.2, 0) is 9.53 Å². The van der Waals surface area contributed by atoms with Gasteiger partial charge in [-0.05, 0) is 86.6 Å². The Kier molecular flexibility index (Phi) is 7.17. The average Bonchev–Trinajstić information content (AvgIpc) is 3.26. The second-order valence-electron chi connectivity index (χ2n) is 8.55. The zero-order valence-corrected chi connectivity index (χ0v) is 21.3. The lowest BCUT2D eigenvalue weighted by Gasteiger charge is -2.16. The maximum Gasteiger partial charge on any atom is 0.338 e. The molecule has 2 heterocycles. The molecule has 1 aromatic heterocycles. The predicted octanol–water partition coefficient (Wildman–Crippen LogP) is 5.66. The van der Waals surface area contributed by atoms with Gasteiger partial charge < -0.3 is 14.2 Å². The first-order valence-electron chi connectivity index (χ1n) is 11.7. The number of anilines is 1. The van der Waals surface area contributed by atoms with Gasteiger partial charge in [0, 0.05) is 24.1 Å². The summed E-state index contributed by atoms with van der Waals surface area (Å²) in [6.07, 6.45) is 3.72. The maximum atomic E-state index is 13.3. The van der Waals surface area contributed by atoms with Crippen molar-refractivity contribution in [2.75, 3.05) is 18.6 Å². The van der Waals surface area contributed by atoms with E-state index in [1.165, 1.54) is 0 Å². The first-order valence-corrected chi connectivity index (χ1v) is 12.1. The second-order valence-corrected chi connectivity index (χ2v) is 8.91. The Labute approximate surface area is 211 Å². The van der Waals surface area contributed by atoms with Crippen molar-refractivity contribution >= 4 is 41.0 Å². The highest BCUT2D eigenvalue weighted by molar-refractivity contribution is 7.80. The molecule has 7 heteroatoms. The lowest BCUT2D eigenvalue weighted by Crippen LogP contribution is -2.30. The standard InChI is InChI=1S/C28H29N3O3S/c1-5-6-16-34-27(33)21-12-14-24(15-13-21)30-19(2)17-22(20(30)3)18-25-26(32)31(28(35)29(25)4)23-10-8-7-9-11-23/h7-15,17-18H,5-6,16H2,1-4H3/b25-18-. The number of carbonyl (C=O) groups excluding carboxylic acids is 2. The summed E-state index contributed by atoms with van der Waals surface area (Å²) in [5.41, 5.74) is 5.66. The summed E-state index contributed by atoms with van der Waals surface area (Å²) in [6, 6.07) is 18.9. The number of unbranched alkanes of at least 4 members (excludes halogenated alkanes) is 1. The van der Waals surface area contributed by atoms with Gasteiger partial charge in [0.1, 0.15) is 5.70 Å². The smallest absolute Gasteiger partial charge is 0.338 e. The van der Waals surface area contributed by atoms with E-state index in [1.54, 1.807) is 21.9 Å². The van der Waals surface area contributed by atoms with Crippen LogP contribution in [0.1, 0.15) is 47.1 Å². The fourth-order valence-corrected chi connectivity index (χ4v) is 4.47. The van der Waals surface area contributed by atoms with Crippen LogP contribution >= 0.6 is 12.2 Å². The normalized spacial score (nSPS) is 14.8. The summed E-state index contributed by atoms with van der Waals surface area (Å²) in [4.78, 5) is 28.8. The van der Waals surface area contributed by atoms with Gasteiger partial charge in [-0.15, -0.1) is 0 Å². The Hall–Kier alpha value is -3.71. The molecule has 0 atom stereocenters. The number of ether oxygens (including phenoxy) is 1. The average molecular weight is 488 g/mol. The van der Waals surface area contributed by atoms with Gasteiger partial charge >= 0.3 is 5.97 Å². The fourth-order valence-electron chi connectivity index (χ4n) is 4.18. The summed E-state index contributed by atoms with van der Waals surface area (Å²) in [7, 11) is 1.81. The molecule has 0 N–H and O–H groups in total. The van der Waals surface area contributed by atoms with Gasteiger partial charge in [-0.2, -0.15) is 0 Å². The Bertz CT molecular complexity index is 1290. The van der Waals surface area contributed by atoms with Crippen LogP contribution in [0, 0.1) is 13.8 Å². The van der Waals surface area contributed by atoms with Gasteiger partial charge in [0.15, 0.2) is 5.11 Å². The van der Waals surface area contributed by atoms with E-state index < -0.39 is 0 Å². The minimum atomic E-state index is -0.307. The number of para-hydroxylation sites is 1. The van der Waals surface area contributed by atoms with E-state index in [1.807, 2.05) is 75.5 Å². The first kappa shape index (κ1) is 24.4. The van der Waals surface area contributed by atoms with Crippen molar-refractivity contribution in [3.8, 4) is 5.69 Å². The van der Waals surface area contributed by atoms with E-state index in [9.17, 15) is 9.59 Å². The topological polar surface area (TPSA) is 54.8 Å². The van der Waals surface area contributed by atoms with Crippen molar-refractivity contribution in [2.45, 2.75) is 33.6 Å². The maximum absolute atomic E-state index is 13.3. The molecule has 0 unspecified atom stereocenters. The van der Waals surface area contributed by atoms with Crippen LogP contribution in [-0.4, -0.2) is 40.1 Å². The number of hydrogen-bond acceptors (Lipinski definition) is 4. The Balaban J connectivity index is 1.61. The number of rotatable bonds is 7. The third-order valence-electron chi connectivity index (χ3n) is 6.13. The number of aromatic nitrogens is 1. The third-order valence-corrected chi connectivity index (χ3v) is 6.59. The highest BCUT2D eigenvalue weighted by Gasteiger charge is 2.36. The SMILES string of the molecule is CCCCOC(=O)c1ccc(-n2c(C)cc(/C=C3/C(=O)N(c4ccccc4)C(=S)N3C)c2C)cc1. The van der Waals surface area contributed by atoms with Crippen LogP contribution in [0.15, 0.2) is 66.4 Å². The number of nitrogens with zero attached hydrogens (tertiary/aromatic N) is 3. The monoisotopic (exact) mass is 487 g/mol. The number of benzene rings is 2. The largest absolute Gasteiger partial charge is 0.462 e. The molecule has 1 aliphatic heterocycles. The summed E-state index contributed by atoms with van der Waals surface area (Å²) < 4.78 is 7.41. The van der Waals surface area contributed by atoms with E-state index in [-0.39, 0.29) is 11.9 Å². The predicted molar refractivity (Wildman–Crippen MR) is 143 cm³/mol. The number of carbonyl (C=O) groups is 2. The molecule has 35 heavy (non-hydrogen) atoms. The Morgan fingerprint density at radius 2 is 1.71 bits per heavy atom. The number of thiocarbonyl (C=S) groups is 1. The van der Waals surface area contributed by atoms with Gasteiger partial charge in [0.2, 0.25) is 0 Å². The summed E-state index contributed by atoms with van der Waals surface area (Å²) in [5.74, 6) is -0.461. The van der Waals surface area contributed by atoms with Gasteiger partial charge in [-0.1, -0.05) is 31.5 Å². The molecule has 2 aromatic carbocycles. The number of hydrogen-bond donors (Lipinski definition) is 0. The molecular weight excluding hydrogens is 458 g/mol. The molecular formula is C28H29N3O3S. The van der Waals surface area contributed by atoms with Crippen molar-refractivity contribution in [3.63, 3.8) is 0 Å². The molecule has 0 radical (unpaired) electrons. The van der Waals surface area contributed by atoms with Crippen molar-refractivity contribution < 1.29 is 14.3 Å². The fraction of sp³-hybridized carbons (Fsp3) is 0.250. The molecule has 1 amide bonds. The van der Waals surface area contributed by atoms with Crippen LogP contribution in [0.2, 0.25) is 0 Å². The van der Waals surface area contributed by atoms with E-state index in [0.29, 0.717) is 23.0 Å². The molecule has 0 bridgehead atoms. The minimum Gasteiger partial charge on any atom is -0.462 e. The highest BCUT2D eigenvalue weighted by Crippen LogP contribution is 2.30. The molecule has 3 aromatic rings. The molecule has 0 saturated carbocycles. The zero-order valence-electron chi connectivity index (χ0n) is 20.4. The van der Waals surface area contributed by atoms with Crippen LogP contribution in [0.5, 0.6) is 0 Å². The minimum absolute atomic E-state index is 0.153. The summed E-state index contributed by atoms with van der Waals surface area (Å²) >= 11 is 5.57. The van der Waals surface area contributed by atoms with E-state index in [2.05, 4.69) is 11.5 Å². The summed E-state index contributed by atoms with van der Waals surface area (Å²) in [6.45, 7) is 6.52. The van der Waals surface area contributed by atoms with E-state index in [4.69, 9.17) is 17.0 Å². The second kappa shape index (κ2) is 10.3. The van der Waals surface area contributed by atoms with Gasteiger partial charge in [0.25, 0.3) is 5.91 Å². The molecule has 0 aliphatic carbocycles. The zero-order chi connectivity index (χ0) is 25.1. The van der Waals surface area contributed by atoms with Gasteiger partial charge in [-0.25, -0.2) is 4.79 Å². The number of esters is 1. The van der Waals surface area contributed by atoms with Crippen molar-refractivity contribution in [1.82, 2.24) is 9.47 Å². The number of aryl methyl sites for hydroxylation is 1. The van der Waals surface area contributed by atoms with Crippen LogP contribution in [0.3, 0.4) is 0 Å².